The zero-order chi connectivity index (χ0) is 18.1. The Labute approximate surface area is 145 Å². The summed E-state index contributed by atoms with van der Waals surface area (Å²) in [6, 6.07) is 3.66. The van der Waals surface area contributed by atoms with Gasteiger partial charge in [-0.05, 0) is 18.6 Å². The highest BCUT2D eigenvalue weighted by Gasteiger charge is 2.34. The molecule has 2 heterocycles. The molecule has 2 rings (SSSR count). The summed E-state index contributed by atoms with van der Waals surface area (Å²) < 4.78 is 47.7. The van der Waals surface area contributed by atoms with Crippen LogP contribution in [0.4, 0.5) is 13.2 Å². The number of methoxy groups -OCH3 is 1. The highest BCUT2D eigenvalue weighted by atomic mass is 19.4. The minimum absolute atomic E-state index is 0.0558. The lowest BCUT2D eigenvalue weighted by Crippen LogP contribution is -2.46. The molecule has 1 aromatic heterocycles. The van der Waals surface area contributed by atoms with E-state index in [-0.39, 0.29) is 6.04 Å². The maximum Gasteiger partial charge on any atom is 0.401 e. The zero-order valence-corrected chi connectivity index (χ0v) is 14.3. The van der Waals surface area contributed by atoms with Crippen molar-refractivity contribution in [3.8, 4) is 0 Å². The van der Waals surface area contributed by atoms with E-state index in [4.69, 9.17) is 9.15 Å². The number of ether oxygens (including phenoxy) is 1. The summed E-state index contributed by atoms with van der Waals surface area (Å²) in [4.78, 5) is 5.80. The van der Waals surface area contributed by atoms with Gasteiger partial charge >= 0.3 is 6.18 Å². The van der Waals surface area contributed by atoms with Crippen LogP contribution < -0.4 is 10.6 Å². The smallest absolute Gasteiger partial charge is 0.401 e. The summed E-state index contributed by atoms with van der Waals surface area (Å²) >= 11 is 0. The van der Waals surface area contributed by atoms with E-state index in [0.717, 1.165) is 5.76 Å². The molecule has 0 amide bonds. The Bertz CT molecular complexity index is 520. The first-order chi connectivity index (χ1) is 12.0. The topological polar surface area (TPSA) is 62.0 Å². The van der Waals surface area contributed by atoms with Crippen LogP contribution in [-0.2, 0) is 11.2 Å². The van der Waals surface area contributed by atoms with Gasteiger partial charge in [0.2, 0.25) is 0 Å². The fraction of sp³-hybridized carbons (Fsp3) is 0.688. The second-order valence-electron chi connectivity index (χ2n) is 5.96. The molecule has 6 nitrogen and oxygen atoms in total. The zero-order valence-electron chi connectivity index (χ0n) is 14.3. The molecule has 1 aliphatic rings. The molecule has 1 fully saturated rings. The highest BCUT2D eigenvalue weighted by Crippen LogP contribution is 2.19. The third-order valence-electron chi connectivity index (χ3n) is 3.83. The van der Waals surface area contributed by atoms with Gasteiger partial charge in [-0.3, -0.25) is 9.89 Å². The molecule has 142 valence electrons. The molecule has 1 saturated heterocycles. The van der Waals surface area contributed by atoms with Crippen LogP contribution in [0.3, 0.4) is 0 Å². The van der Waals surface area contributed by atoms with Crippen molar-refractivity contribution in [2.24, 2.45) is 4.99 Å². The first-order valence-electron chi connectivity index (χ1n) is 8.31. The predicted molar refractivity (Wildman–Crippen MR) is 88.6 cm³/mol. The normalized spacial score (nSPS) is 19.4. The van der Waals surface area contributed by atoms with E-state index in [0.29, 0.717) is 51.6 Å². The first kappa shape index (κ1) is 19.6. The third-order valence-corrected chi connectivity index (χ3v) is 3.83. The van der Waals surface area contributed by atoms with Crippen LogP contribution in [0.2, 0.25) is 0 Å². The number of likely N-dealkylation sites (tertiary alicyclic amines) is 1. The largest absolute Gasteiger partial charge is 0.469 e. The molecule has 0 bridgehead atoms. The molecule has 0 aliphatic carbocycles. The van der Waals surface area contributed by atoms with E-state index in [1.165, 1.54) is 4.90 Å². The number of hydrogen-bond donors (Lipinski definition) is 2. The minimum atomic E-state index is -4.16. The summed E-state index contributed by atoms with van der Waals surface area (Å²) in [5.41, 5.74) is 0. The Hall–Kier alpha value is -1.74. The van der Waals surface area contributed by atoms with Gasteiger partial charge in [0.15, 0.2) is 5.96 Å². The average molecular weight is 362 g/mol. The summed E-state index contributed by atoms with van der Waals surface area (Å²) in [5, 5.41) is 6.40. The second-order valence-corrected chi connectivity index (χ2v) is 5.96. The number of nitrogens with one attached hydrogen (secondary N) is 2. The Balaban J connectivity index is 1.80. The molecule has 2 N–H and O–H groups in total. The quantitative estimate of drug-likeness (QED) is 0.418. The van der Waals surface area contributed by atoms with E-state index >= 15 is 0 Å². The molecule has 0 aromatic carbocycles. The molecular formula is C16H25F3N4O2. The maximum atomic E-state index is 12.5. The van der Waals surface area contributed by atoms with E-state index in [1.807, 2.05) is 12.1 Å². The van der Waals surface area contributed by atoms with Crippen molar-refractivity contribution in [2.45, 2.75) is 25.1 Å². The van der Waals surface area contributed by atoms with Crippen LogP contribution >= 0.6 is 0 Å². The number of aliphatic imine (C=N–C) groups is 1. The molecule has 0 saturated carbocycles. The molecule has 1 aromatic rings. The number of rotatable bonds is 8. The van der Waals surface area contributed by atoms with Crippen LogP contribution in [0.25, 0.3) is 0 Å². The van der Waals surface area contributed by atoms with Crippen LogP contribution in [0.5, 0.6) is 0 Å². The number of nitrogens with zero attached hydrogens (tertiary/aromatic N) is 2. The molecular weight excluding hydrogens is 337 g/mol. The lowest BCUT2D eigenvalue weighted by molar-refractivity contribution is -0.143. The van der Waals surface area contributed by atoms with Gasteiger partial charge in [0.05, 0.1) is 26.0 Å². The molecule has 0 radical (unpaired) electrons. The highest BCUT2D eigenvalue weighted by molar-refractivity contribution is 5.80. The number of halogens is 3. The van der Waals surface area contributed by atoms with Crippen molar-refractivity contribution in [1.29, 1.82) is 0 Å². The van der Waals surface area contributed by atoms with Gasteiger partial charge in [-0.2, -0.15) is 13.2 Å². The Morgan fingerprint density at radius 3 is 3.00 bits per heavy atom. The predicted octanol–water partition coefficient (Wildman–Crippen LogP) is 1.64. The van der Waals surface area contributed by atoms with Crippen molar-refractivity contribution in [1.82, 2.24) is 15.5 Å². The summed E-state index contributed by atoms with van der Waals surface area (Å²) in [6.45, 7) is 1.48. The van der Waals surface area contributed by atoms with Gasteiger partial charge in [-0.1, -0.05) is 0 Å². The van der Waals surface area contributed by atoms with Gasteiger partial charge < -0.3 is 19.8 Å². The van der Waals surface area contributed by atoms with Gasteiger partial charge in [-0.25, -0.2) is 0 Å². The van der Waals surface area contributed by atoms with Gasteiger partial charge in [-0.15, -0.1) is 0 Å². The molecule has 9 heteroatoms. The summed E-state index contributed by atoms with van der Waals surface area (Å²) in [5.74, 6) is 1.45. The van der Waals surface area contributed by atoms with E-state index in [2.05, 4.69) is 15.6 Å². The first-order valence-corrected chi connectivity index (χ1v) is 8.31. The minimum Gasteiger partial charge on any atom is -0.469 e. The van der Waals surface area contributed by atoms with E-state index in [1.54, 1.807) is 13.4 Å². The second kappa shape index (κ2) is 9.67. The summed E-state index contributed by atoms with van der Waals surface area (Å²) in [7, 11) is 1.60. The number of alkyl halides is 3. The van der Waals surface area contributed by atoms with Crippen LogP contribution in [0.1, 0.15) is 12.2 Å². The Morgan fingerprint density at radius 2 is 2.32 bits per heavy atom. The average Bonchev–Trinajstić information content (AvgIpc) is 3.18. The third kappa shape index (κ3) is 7.78. The van der Waals surface area contributed by atoms with Crippen molar-refractivity contribution in [3.05, 3.63) is 24.2 Å². The van der Waals surface area contributed by atoms with Gasteiger partial charge in [0.1, 0.15) is 5.76 Å². The standard InChI is InChI=1S/C16H25F3N4O2/c1-24-10-7-21-15(20-6-4-14-3-2-9-25-14)22-13-5-8-23(11-13)12-16(17,18)19/h2-3,9,13H,4-8,10-12H2,1H3,(H2,20,21,22). The molecule has 1 unspecified atom stereocenters. The van der Waals surface area contributed by atoms with Crippen molar-refractivity contribution < 1.29 is 22.3 Å². The fourth-order valence-corrected chi connectivity index (χ4v) is 2.70. The van der Waals surface area contributed by atoms with Gasteiger partial charge in [0.25, 0.3) is 0 Å². The number of guanidine groups is 1. The van der Waals surface area contributed by atoms with Crippen molar-refractivity contribution in [2.75, 3.05) is 46.4 Å². The van der Waals surface area contributed by atoms with Crippen LogP contribution in [0.15, 0.2) is 27.8 Å². The maximum absolute atomic E-state index is 12.5. The van der Waals surface area contributed by atoms with Crippen molar-refractivity contribution in [3.63, 3.8) is 0 Å². The SMILES string of the molecule is COCCN=C(NCCc1ccco1)NC1CCN(CC(F)(F)F)C1. The molecule has 1 aliphatic heterocycles. The molecule has 25 heavy (non-hydrogen) atoms. The number of furan rings is 1. The number of hydrogen-bond acceptors (Lipinski definition) is 4. The van der Waals surface area contributed by atoms with E-state index < -0.39 is 12.7 Å². The molecule has 0 spiro atoms. The van der Waals surface area contributed by atoms with Gasteiger partial charge in [0, 0.05) is 39.2 Å². The monoisotopic (exact) mass is 362 g/mol. The fourth-order valence-electron chi connectivity index (χ4n) is 2.70. The van der Waals surface area contributed by atoms with E-state index in [9.17, 15) is 13.2 Å². The molecule has 1 atom stereocenters. The lowest BCUT2D eigenvalue weighted by Gasteiger charge is -2.20. The van der Waals surface area contributed by atoms with Crippen LogP contribution in [-0.4, -0.2) is 69.5 Å². The van der Waals surface area contributed by atoms with Crippen LogP contribution in [0, 0.1) is 0 Å². The Morgan fingerprint density at radius 1 is 1.48 bits per heavy atom. The Kier molecular flexibility index (Phi) is 7.57. The summed E-state index contributed by atoms with van der Waals surface area (Å²) in [6.07, 6.45) is -1.19. The lowest BCUT2D eigenvalue weighted by atomic mass is 10.3. The van der Waals surface area contributed by atoms with Crippen molar-refractivity contribution >= 4 is 5.96 Å².